The van der Waals surface area contributed by atoms with Gasteiger partial charge in [0.15, 0.2) is 0 Å². The van der Waals surface area contributed by atoms with E-state index in [4.69, 9.17) is 5.26 Å². The van der Waals surface area contributed by atoms with Gasteiger partial charge in [-0.2, -0.15) is 5.26 Å². The summed E-state index contributed by atoms with van der Waals surface area (Å²) in [5.41, 5.74) is -0.232. The van der Waals surface area contributed by atoms with E-state index in [0.717, 1.165) is 12.1 Å². The van der Waals surface area contributed by atoms with E-state index >= 15 is 0 Å². The number of ether oxygens (including phenoxy) is 1. The lowest BCUT2D eigenvalue weighted by Gasteiger charge is -2.08. The van der Waals surface area contributed by atoms with Crippen molar-refractivity contribution in [3.05, 3.63) is 29.6 Å². The van der Waals surface area contributed by atoms with Crippen LogP contribution in [-0.4, -0.2) is 6.36 Å². The molecule has 0 radical (unpaired) electrons. The van der Waals surface area contributed by atoms with Crippen molar-refractivity contribution in [2.75, 3.05) is 0 Å². The minimum atomic E-state index is -4.89. The van der Waals surface area contributed by atoms with Gasteiger partial charge < -0.3 is 4.74 Å². The number of halogens is 4. The molecule has 0 amide bonds. The Morgan fingerprint density at radius 1 is 1.21 bits per heavy atom. The first kappa shape index (κ1) is 10.3. The lowest BCUT2D eigenvalue weighted by molar-refractivity contribution is -0.274. The van der Waals surface area contributed by atoms with Gasteiger partial charge in [0, 0.05) is 6.07 Å². The molecule has 0 aliphatic rings. The number of alkyl halides is 3. The number of hydrogen-bond donors (Lipinski definition) is 0. The van der Waals surface area contributed by atoms with Gasteiger partial charge in [0.25, 0.3) is 0 Å². The first-order valence-electron chi connectivity index (χ1n) is 3.37. The predicted octanol–water partition coefficient (Wildman–Crippen LogP) is 2.60. The molecule has 74 valence electrons. The molecule has 14 heavy (non-hydrogen) atoms. The van der Waals surface area contributed by atoms with E-state index in [1.54, 1.807) is 0 Å². The summed E-state index contributed by atoms with van der Waals surface area (Å²) in [7, 11) is 0. The quantitative estimate of drug-likeness (QED) is 0.660. The van der Waals surface area contributed by atoms with Crippen molar-refractivity contribution in [1.82, 2.24) is 0 Å². The van der Waals surface area contributed by atoms with E-state index < -0.39 is 17.9 Å². The molecule has 1 aromatic rings. The molecule has 0 fully saturated rings. The largest absolute Gasteiger partial charge is 0.573 e. The SMILES string of the molecule is N#Cc1cc(F)cc(OC(F)(F)F)c1. The third-order valence-corrected chi connectivity index (χ3v) is 1.23. The molecule has 1 aromatic carbocycles. The summed E-state index contributed by atoms with van der Waals surface area (Å²) >= 11 is 0. The summed E-state index contributed by atoms with van der Waals surface area (Å²) in [5.74, 6) is -1.70. The molecule has 1 rings (SSSR count). The van der Waals surface area contributed by atoms with Crippen molar-refractivity contribution >= 4 is 0 Å². The van der Waals surface area contributed by atoms with Crippen LogP contribution in [0.5, 0.6) is 5.75 Å². The van der Waals surface area contributed by atoms with Crippen molar-refractivity contribution in [1.29, 1.82) is 5.26 Å². The Labute approximate surface area is 76.3 Å². The highest BCUT2D eigenvalue weighted by atomic mass is 19.4. The fourth-order valence-electron chi connectivity index (χ4n) is 0.820. The highest BCUT2D eigenvalue weighted by molar-refractivity contribution is 5.37. The van der Waals surface area contributed by atoms with Crippen LogP contribution in [0.25, 0.3) is 0 Å². The van der Waals surface area contributed by atoms with Crippen LogP contribution in [-0.2, 0) is 0 Å². The van der Waals surface area contributed by atoms with Crippen molar-refractivity contribution < 1.29 is 22.3 Å². The number of hydrogen-bond acceptors (Lipinski definition) is 2. The molecule has 0 aliphatic heterocycles. The smallest absolute Gasteiger partial charge is 0.406 e. The molecule has 0 aliphatic carbocycles. The maximum atomic E-state index is 12.6. The zero-order chi connectivity index (χ0) is 10.8. The van der Waals surface area contributed by atoms with E-state index in [0.29, 0.717) is 6.07 Å². The Morgan fingerprint density at radius 2 is 1.86 bits per heavy atom. The molecular formula is C8H3F4NO. The first-order valence-corrected chi connectivity index (χ1v) is 3.37. The predicted molar refractivity (Wildman–Crippen MR) is 37.8 cm³/mol. The van der Waals surface area contributed by atoms with Crippen molar-refractivity contribution in [3.8, 4) is 11.8 Å². The Hall–Kier alpha value is -1.77. The van der Waals surface area contributed by atoms with Gasteiger partial charge in [-0.15, -0.1) is 13.2 Å². The lowest BCUT2D eigenvalue weighted by atomic mass is 10.2. The van der Waals surface area contributed by atoms with Crippen LogP contribution in [0, 0.1) is 17.1 Å². The summed E-state index contributed by atoms with van der Waals surface area (Å²) in [4.78, 5) is 0. The van der Waals surface area contributed by atoms with Gasteiger partial charge in [-0.25, -0.2) is 4.39 Å². The molecule has 0 saturated carbocycles. The molecule has 0 unspecified atom stereocenters. The molecule has 0 atom stereocenters. The van der Waals surface area contributed by atoms with Gasteiger partial charge in [-0.1, -0.05) is 0 Å². The number of rotatable bonds is 1. The first-order chi connectivity index (χ1) is 6.40. The standard InChI is InChI=1S/C8H3F4NO/c9-6-1-5(4-13)2-7(3-6)14-8(10,11)12/h1-3H. The van der Waals surface area contributed by atoms with E-state index in [1.807, 2.05) is 0 Å². The minimum Gasteiger partial charge on any atom is -0.406 e. The molecule has 0 bridgehead atoms. The highest BCUT2D eigenvalue weighted by Crippen LogP contribution is 2.24. The van der Waals surface area contributed by atoms with E-state index in [1.165, 1.54) is 6.07 Å². The van der Waals surface area contributed by atoms with Gasteiger partial charge in [-0.3, -0.25) is 0 Å². The van der Waals surface area contributed by atoms with E-state index in [-0.39, 0.29) is 5.56 Å². The summed E-state index contributed by atoms with van der Waals surface area (Å²) in [6.45, 7) is 0. The molecule has 0 heterocycles. The number of benzene rings is 1. The lowest BCUT2D eigenvalue weighted by Crippen LogP contribution is -2.17. The van der Waals surface area contributed by atoms with Crippen LogP contribution in [0.15, 0.2) is 18.2 Å². The minimum absolute atomic E-state index is 0.232. The maximum Gasteiger partial charge on any atom is 0.573 e. The van der Waals surface area contributed by atoms with Crippen LogP contribution in [0.3, 0.4) is 0 Å². The molecule has 0 aromatic heterocycles. The summed E-state index contributed by atoms with van der Waals surface area (Å²) in [6, 6.07) is 3.67. The zero-order valence-corrected chi connectivity index (χ0v) is 6.60. The Kier molecular flexibility index (Phi) is 2.60. The molecule has 0 spiro atoms. The Balaban J connectivity index is 3.00. The van der Waals surface area contributed by atoms with Crippen LogP contribution in [0.2, 0.25) is 0 Å². The summed E-state index contributed by atoms with van der Waals surface area (Å²) in [6.07, 6.45) is -4.89. The Bertz CT molecular complexity index is 380. The zero-order valence-electron chi connectivity index (χ0n) is 6.60. The molecule has 6 heteroatoms. The monoisotopic (exact) mass is 205 g/mol. The van der Waals surface area contributed by atoms with Crippen LogP contribution >= 0.6 is 0 Å². The summed E-state index contributed by atoms with van der Waals surface area (Å²) < 4.78 is 51.1. The number of nitrogens with zero attached hydrogens (tertiary/aromatic N) is 1. The van der Waals surface area contributed by atoms with Gasteiger partial charge in [0.1, 0.15) is 11.6 Å². The van der Waals surface area contributed by atoms with Crippen molar-refractivity contribution in [2.24, 2.45) is 0 Å². The van der Waals surface area contributed by atoms with Crippen molar-refractivity contribution in [3.63, 3.8) is 0 Å². The van der Waals surface area contributed by atoms with Gasteiger partial charge in [0.05, 0.1) is 11.6 Å². The van der Waals surface area contributed by atoms with Gasteiger partial charge in [-0.05, 0) is 12.1 Å². The second-order valence-electron chi connectivity index (χ2n) is 2.34. The maximum absolute atomic E-state index is 12.6. The van der Waals surface area contributed by atoms with Crippen LogP contribution in [0.4, 0.5) is 17.6 Å². The van der Waals surface area contributed by atoms with Crippen LogP contribution < -0.4 is 4.74 Å². The van der Waals surface area contributed by atoms with Gasteiger partial charge >= 0.3 is 6.36 Å². The van der Waals surface area contributed by atoms with E-state index in [9.17, 15) is 17.6 Å². The fraction of sp³-hybridized carbons (Fsp3) is 0.125. The third-order valence-electron chi connectivity index (χ3n) is 1.23. The fourth-order valence-corrected chi connectivity index (χ4v) is 0.820. The molecule has 2 nitrogen and oxygen atoms in total. The second-order valence-corrected chi connectivity index (χ2v) is 2.34. The third kappa shape index (κ3) is 2.94. The number of nitriles is 1. The van der Waals surface area contributed by atoms with Crippen LogP contribution in [0.1, 0.15) is 5.56 Å². The molecular weight excluding hydrogens is 202 g/mol. The highest BCUT2D eigenvalue weighted by Gasteiger charge is 2.31. The average Bonchev–Trinajstić information content (AvgIpc) is 1.99. The summed E-state index contributed by atoms with van der Waals surface area (Å²) in [5, 5.41) is 8.33. The normalized spacial score (nSPS) is 10.8. The molecule has 0 N–H and O–H groups in total. The van der Waals surface area contributed by atoms with E-state index in [2.05, 4.69) is 4.74 Å². The molecule has 0 saturated heterocycles. The topological polar surface area (TPSA) is 33.0 Å². The average molecular weight is 205 g/mol. The second kappa shape index (κ2) is 3.54. The Morgan fingerprint density at radius 3 is 2.36 bits per heavy atom. The van der Waals surface area contributed by atoms with Crippen molar-refractivity contribution in [2.45, 2.75) is 6.36 Å². The van der Waals surface area contributed by atoms with Gasteiger partial charge in [0.2, 0.25) is 0 Å².